The Balaban J connectivity index is 1.93. The van der Waals surface area contributed by atoms with Crippen molar-refractivity contribution >= 4 is 11.8 Å². The minimum absolute atomic E-state index is 0.0837. The Morgan fingerprint density at radius 1 is 1.21 bits per heavy atom. The molecule has 1 N–H and O–H groups in total. The Labute approximate surface area is 162 Å². The van der Waals surface area contributed by atoms with Crippen molar-refractivity contribution in [1.82, 2.24) is 0 Å². The van der Waals surface area contributed by atoms with E-state index in [1.165, 1.54) is 18.6 Å². The van der Waals surface area contributed by atoms with Gasteiger partial charge in [-0.15, -0.1) is 0 Å². The van der Waals surface area contributed by atoms with E-state index < -0.39 is 17.5 Å². The lowest BCUT2D eigenvalue weighted by molar-refractivity contribution is -0.139. The zero-order valence-corrected chi connectivity index (χ0v) is 15.7. The van der Waals surface area contributed by atoms with Crippen molar-refractivity contribution in [3.8, 4) is 0 Å². The van der Waals surface area contributed by atoms with Gasteiger partial charge in [0.15, 0.2) is 5.76 Å². The van der Waals surface area contributed by atoms with Crippen LogP contribution in [0.2, 0.25) is 0 Å². The van der Waals surface area contributed by atoms with Crippen molar-refractivity contribution in [2.75, 3.05) is 7.11 Å². The second-order valence-electron chi connectivity index (χ2n) is 7.03. The van der Waals surface area contributed by atoms with Gasteiger partial charge in [-0.3, -0.25) is 4.79 Å². The molecule has 0 amide bonds. The normalized spacial score (nSPS) is 15.4. The van der Waals surface area contributed by atoms with Crippen LogP contribution in [0.1, 0.15) is 65.5 Å². The summed E-state index contributed by atoms with van der Waals surface area (Å²) in [5.41, 5.74) is 1.47. The van der Waals surface area contributed by atoms with Gasteiger partial charge in [0.25, 0.3) is 0 Å². The van der Waals surface area contributed by atoms with E-state index in [-0.39, 0.29) is 17.5 Å². The molecule has 1 saturated carbocycles. The first kappa shape index (κ1) is 19.9. The van der Waals surface area contributed by atoms with Gasteiger partial charge in [-0.25, -0.2) is 9.18 Å². The summed E-state index contributed by atoms with van der Waals surface area (Å²) < 4.78 is 23.5. The zero-order valence-electron chi connectivity index (χ0n) is 15.7. The van der Waals surface area contributed by atoms with E-state index in [1.54, 1.807) is 12.1 Å². The SMILES string of the molecule is COC(=O)/C(O)=C/C(=O)c1oc(C2CCCCC2)cc1Cc1ccc(F)cc1. The molecule has 1 aliphatic carbocycles. The minimum Gasteiger partial charge on any atom is -0.502 e. The molecule has 0 aliphatic heterocycles. The van der Waals surface area contributed by atoms with Crippen molar-refractivity contribution < 1.29 is 28.2 Å². The third-order valence-corrected chi connectivity index (χ3v) is 5.03. The second kappa shape index (κ2) is 8.87. The Morgan fingerprint density at radius 3 is 2.54 bits per heavy atom. The van der Waals surface area contributed by atoms with Crippen LogP contribution >= 0.6 is 0 Å². The predicted octanol–water partition coefficient (Wildman–Crippen LogP) is 4.85. The topological polar surface area (TPSA) is 76.7 Å². The summed E-state index contributed by atoms with van der Waals surface area (Å²) in [5, 5.41) is 9.70. The molecule has 1 aromatic carbocycles. The molecule has 1 aliphatic rings. The number of ketones is 1. The molecule has 5 nitrogen and oxygen atoms in total. The van der Waals surface area contributed by atoms with Gasteiger partial charge in [0.2, 0.25) is 11.5 Å². The molecule has 0 saturated heterocycles. The average molecular weight is 386 g/mol. The minimum atomic E-state index is -0.993. The highest BCUT2D eigenvalue weighted by Gasteiger charge is 2.25. The number of carbonyl (C=O) groups is 2. The van der Waals surface area contributed by atoms with Gasteiger partial charge in [-0.1, -0.05) is 31.4 Å². The first-order valence-electron chi connectivity index (χ1n) is 9.38. The maximum Gasteiger partial charge on any atom is 0.373 e. The van der Waals surface area contributed by atoms with Crippen LogP contribution in [0.4, 0.5) is 4.39 Å². The van der Waals surface area contributed by atoms with Gasteiger partial charge >= 0.3 is 5.97 Å². The third-order valence-electron chi connectivity index (χ3n) is 5.03. The number of carbonyl (C=O) groups excluding carboxylic acids is 2. The lowest BCUT2D eigenvalue weighted by Crippen LogP contribution is -2.07. The van der Waals surface area contributed by atoms with Crippen LogP contribution in [0, 0.1) is 5.82 Å². The number of furan rings is 1. The summed E-state index contributed by atoms with van der Waals surface area (Å²) >= 11 is 0. The van der Waals surface area contributed by atoms with Crippen molar-refractivity contribution in [3.05, 3.63) is 70.6 Å². The Hall–Kier alpha value is -2.89. The monoisotopic (exact) mass is 386 g/mol. The number of esters is 1. The molecule has 0 spiro atoms. The van der Waals surface area contributed by atoms with E-state index in [4.69, 9.17) is 4.42 Å². The number of ether oxygens (including phenoxy) is 1. The van der Waals surface area contributed by atoms with Crippen molar-refractivity contribution in [3.63, 3.8) is 0 Å². The summed E-state index contributed by atoms with van der Waals surface area (Å²) in [5.74, 6) is -1.64. The number of rotatable bonds is 6. The molecule has 28 heavy (non-hydrogen) atoms. The van der Waals surface area contributed by atoms with Gasteiger partial charge in [0.05, 0.1) is 7.11 Å². The fourth-order valence-electron chi connectivity index (χ4n) is 3.55. The quantitative estimate of drug-likeness (QED) is 0.332. The molecule has 1 aromatic heterocycles. The van der Waals surface area contributed by atoms with E-state index >= 15 is 0 Å². The number of aliphatic hydroxyl groups excluding tert-OH is 1. The first-order chi connectivity index (χ1) is 13.5. The summed E-state index contributed by atoms with van der Waals surface area (Å²) in [6, 6.07) is 7.90. The fraction of sp³-hybridized carbons (Fsp3) is 0.364. The van der Waals surface area contributed by atoms with Crippen LogP contribution in [-0.4, -0.2) is 24.0 Å². The molecule has 3 rings (SSSR count). The van der Waals surface area contributed by atoms with Crippen LogP contribution in [-0.2, 0) is 16.0 Å². The van der Waals surface area contributed by atoms with Crippen molar-refractivity contribution in [2.45, 2.75) is 44.4 Å². The van der Waals surface area contributed by atoms with Gasteiger partial charge < -0.3 is 14.3 Å². The highest BCUT2D eigenvalue weighted by Crippen LogP contribution is 2.35. The number of hydrogen-bond acceptors (Lipinski definition) is 5. The van der Waals surface area contributed by atoms with Gasteiger partial charge in [-0.2, -0.15) is 0 Å². The molecule has 1 fully saturated rings. The number of allylic oxidation sites excluding steroid dienone is 1. The number of methoxy groups -OCH3 is 1. The van der Waals surface area contributed by atoms with Gasteiger partial charge in [0, 0.05) is 24.0 Å². The zero-order chi connectivity index (χ0) is 20.1. The molecule has 0 bridgehead atoms. The van der Waals surface area contributed by atoms with E-state index in [0.717, 1.165) is 50.2 Å². The Bertz CT molecular complexity index is 873. The summed E-state index contributed by atoms with van der Waals surface area (Å²) in [6.07, 6.45) is 6.62. The molecule has 1 heterocycles. The number of halogens is 1. The second-order valence-corrected chi connectivity index (χ2v) is 7.03. The molecule has 148 valence electrons. The molecule has 2 aromatic rings. The average Bonchev–Trinajstić information content (AvgIpc) is 3.13. The maximum atomic E-state index is 13.2. The number of aliphatic hydroxyl groups is 1. The lowest BCUT2D eigenvalue weighted by Gasteiger charge is -2.19. The highest BCUT2D eigenvalue weighted by molar-refractivity contribution is 6.07. The van der Waals surface area contributed by atoms with E-state index in [0.29, 0.717) is 12.0 Å². The number of hydrogen-bond donors (Lipinski definition) is 1. The molecular formula is C22H23FO5. The lowest BCUT2D eigenvalue weighted by atomic mass is 9.87. The molecule has 0 atom stereocenters. The number of benzene rings is 1. The van der Waals surface area contributed by atoms with Crippen LogP contribution in [0.15, 0.2) is 46.6 Å². The predicted molar refractivity (Wildman–Crippen MR) is 101 cm³/mol. The van der Waals surface area contributed by atoms with Gasteiger partial charge in [-0.05, 0) is 36.6 Å². The maximum absolute atomic E-state index is 13.2. The molecule has 0 radical (unpaired) electrons. The fourth-order valence-corrected chi connectivity index (χ4v) is 3.55. The molecule has 0 unspecified atom stereocenters. The van der Waals surface area contributed by atoms with Gasteiger partial charge in [0.1, 0.15) is 11.6 Å². The molecule has 6 heteroatoms. The Morgan fingerprint density at radius 2 is 1.89 bits per heavy atom. The van der Waals surface area contributed by atoms with Crippen molar-refractivity contribution in [1.29, 1.82) is 0 Å². The van der Waals surface area contributed by atoms with Crippen LogP contribution in [0.3, 0.4) is 0 Å². The largest absolute Gasteiger partial charge is 0.502 e. The Kier molecular flexibility index (Phi) is 6.29. The van der Waals surface area contributed by atoms with Crippen LogP contribution < -0.4 is 0 Å². The summed E-state index contributed by atoms with van der Waals surface area (Å²) in [7, 11) is 1.12. The van der Waals surface area contributed by atoms with Crippen LogP contribution in [0.25, 0.3) is 0 Å². The summed E-state index contributed by atoms with van der Waals surface area (Å²) in [4.78, 5) is 24.0. The van der Waals surface area contributed by atoms with E-state index in [1.807, 2.05) is 6.07 Å². The van der Waals surface area contributed by atoms with E-state index in [9.17, 15) is 19.1 Å². The van der Waals surface area contributed by atoms with E-state index in [2.05, 4.69) is 4.74 Å². The standard InChI is InChI=1S/C22H23FO5/c1-27-22(26)19(25)13-18(24)21-16(11-14-7-9-17(23)10-8-14)12-20(28-21)15-5-3-2-4-6-15/h7-10,12-13,15,25H,2-6,11H2,1H3/b19-13-. The smallest absolute Gasteiger partial charge is 0.373 e. The summed E-state index contributed by atoms with van der Waals surface area (Å²) in [6.45, 7) is 0. The van der Waals surface area contributed by atoms with Crippen molar-refractivity contribution in [2.24, 2.45) is 0 Å². The third kappa shape index (κ3) is 4.68. The first-order valence-corrected chi connectivity index (χ1v) is 9.38. The molecular weight excluding hydrogens is 363 g/mol. The highest BCUT2D eigenvalue weighted by atomic mass is 19.1. The van der Waals surface area contributed by atoms with Crippen LogP contribution in [0.5, 0.6) is 0 Å².